The molecule has 0 aromatic carbocycles. The molecule has 2 amide bonds. The SMILES string of the molecule is CCCCCCCCCCCCCCCCNC(=O)CC(=O)N(CCCCCCCCCCCCCCCC)CC(O)O. The molecule has 0 saturated heterocycles. The maximum Gasteiger partial charge on any atom is 0.232 e. The molecule has 256 valence electrons. The molecular weight excluding hydrogens is 536 g/mol. The van der Waals surface area contributed by atoms with E-state index in [9.17, 15) is 19.8 Å². The zero-order valence-corrected chi connectivity index (χ0v) is 28.9. The van der Waals surface area contributed by atoms with Crippen molar-refractivity contribution in [3.63, 3.8) is 0 Å². The van der Waals surface area contributed by atoms with Crippen LogP contribution < -0.4 is 5.32 Å². The molecule has 0 aliphatic heterocycles. The van der Waals surface area contributed by atoms with E-state index in [4.69, 9.17) is 0 Å². The molecule has 3 N–H and O–H groups in total. The summed E-state index contributed by atoms with van der Waals surface area (Å²) in [7, 11) is 0. The zero-order valence-electron chi connectivity index (χ0n) is 28.9. The molecule has 6 nitrogen and oxygen atoms in total. The Bertz CT molecular complexity index is 599. The van der Waals surface area contributed by atoms with E-state index < -0.39 is 6.29 Å². The summed E-state index contributed by atoms with van der Waals surface area (Å²) in [5, 5.41) is 21.7. The normalized spacial score (nSPS) is 11.4. The number of hydrogen-bond donors (Lipinski definition) is 3. The molecule has 0 atom stereocenters. The lowest BCUT2D eigenvalue weighted by Gasteiger charge is -2.23. The third kappa shape index (κ3) is 32.1. The van der Waals surface area contributed by atoms with Crippen LogP contribution in [0.2, 0.25) is 0 Å². The van der Waals surface area contributed by atoms with Crippen molar-refractivity contribution >= 4 is 11.8 Å². The topological polar surface area (TPSA) is 89.9 Å². The number of nitrogens with zero attached hydrogens (tertiary/aromatic N) is 1. The molecule has 0 saturated carbocycles. The van der Waals surface area contributed by atoms with Crippen LogP contribution in [0, 0.1) is 0 Å². The van der Waals surface area contributed by atoms with Gasteiger partial charge in [0.2, 0.25) is 11.8 Å². The molecule has 0 heterocycles. The van der Waals surface area contributed by atoms with E-state index in [-0.39, 0.29) is 24.8 Å². The first-order valence-corrected chi connectivity index (χ1v) is 18.9. The first-order chi connectivity index (χ1) is 21.0. The van der Waals surface area contributed by atoms with Crippen LogP contribution in [-0.2, 0) is 9.59 Å². The van der Waals surface area contributed by atoms with Gasteiger partial charge >= 0.3 is 0 Å². The van der Waals surface area contributed by atoms with Crippen molar-refractivity contribution in [3.05, 3.63) is 0 Å². The first kappa shape index (κ1) is 41.9. The summed E-state index contributed by atoms with van der Waals surface area (Å²) in [6.45, 7) is 5.47. The van der Waals surface area contributed by atoms with E-state index in [1.165, 1.54) is 153 Å². The second kappa shape index (κ2) is 33.7. The maximum absolute atomic E-state index is 12.7. The second-order valence-corrected chi connectivity index (χ2v) is 13.0. The summed E-state index contributed by atoms with van der Waals surface area (Å²) < 4.78 is 0. The van der Waals surface area contributed by atoms with Crippen LogP contribution in [0.4, 0.5) is 0 Å². The molecule has 0 rings (SSSR count). The van der Waals surface area contributed by atoms with Crippen LogP contribution in [0.25, 0.3) is 0 Å². The molecule has 43 heavy (non-hydrogen) atoms. The summed E-state index contributed by atoms with van der Waals surface area (Å²) in [5.74, 6) is -0.584. The Morgan fingerprint density at radius 2 is 0.837 bits per heavy atom. The Balaban J connectivity index is 3.74. The smallest absolute Gasteiger partial charge is 0.232 e. The van der Waals surface area contributed by atoms with Crippen molar-refractivity contribution < 1.29 is 19.8 Å². The Hall–Kier alpha value is -1.14. The maximum atomic E-state index is 12.7. The van der Waals surface area contributed by atoms with Crippen LogP contribution in [0.1, 0.15) is 200 Å². The van der Waals surface area contributed by atoms with Crippen molar-refractivity contribution in [2.75, 3.05) is 19.6 Å². The first-order valence-electron chi connectivity index (χ1n) is 18.9. The highest BCUT2D eigenvalue weighted by Gasteiger charge is 2.19. The minimum Gasteiger partial charge on any atom is -0.367 e. The van der Waals surface area contributed by atoms with E-state index >= 15 is 0 Å². The summed E-state index contributed by atoms with van der Waals surface area (Å²) >= 11 is 0. The van der Waals surface area contributed by atoms with Gasteiger partial charge in [-0.25, -0.2) is 0 Å². The molecule has 0 aliphatic carbocycles. The number of aliphatic hydroxyl groups excluding tert-OH is 1. The van der Waals surface area contributed by atoms with Crippen molar-refractivity contribution in [2.45, 2.75) is 206 Å². The van der Waals surface area contributed by atoms with Crippen molar-refractivity contribution in [2.24, 2.45) is 0 Å². The standard InChI is InChI=1S/C37H74N2O4/c1-3-5-7-9-11-13-15-17-19-21-23-25-27-29-31-38-35(40)33-36(41)39(34-37(42)43)32-30-28-26-24-22-20-18-16-14-12-10-8-6-4-2/h37,42-43H,3-34H2,1-2H3,(H,38,40). The largest absolute Gasteiger partial charge is 0.367 e. The summed E-state index contributed by atoms with van der Waals surface area (Å²) in [5.41, 5.74) is 0. The third-order valence-corrected chi connectivity index (χ3v) is 8.68. The van der Waals surface area contributed by atoms with E-state index in [1.54, 1.807) is 0 Å². The fourth-order valence-corrected chi connectivity index (χ4v) is 5.87. The number of carbonyl (C=O) groups is 2. The second-order valence-electron chi connectivity index (χ2n) is 13.0. The van der Waals surface area contributed by atoms with Crippen molar-refractivity contribution in [1.82, 2.24) is 10.2 Å². The van der Waals surface area contributed by atoms with Gasteiger partial charge in [-0.3, -0.25) is 9.59 Å². The summed E-state index contributed by atoms with van der Waals surface area (Å²) in [6, 6.07) is 0. The highest BCUT2D eigenvalue weighted by atomic mass is 16.5. The highest BCUT2D eigenvalue weighted by molar-refractivity contribution is 5.96. The average molecular weight is 611 g/mol. The van der Waals surface area contributed by atoms with Gasteiger partial charge in [0.25, 0.3) is 0 Å². The van der Waals surface area contributed by atoms with E-state index in [0.29, 0.717) is 13.1 Å². The number of nitrogens with one attached hydrogen (secondary N) is 1. The average Bonchev–Trinajstić information content (AvgIpc) is 2.98. The minimum atomic E-state index is -1.57. The Morgan fingerprint density at radius 3 is 1.19 bits per heavy atom. The van der Waals surface area contributed by atoms with Gasteiger partial charge < -0.3 is 20.4 Å². The fraction of sp³-hybridized carbons (Fsp3) is 0.946. The molecule has 0 aliphatic rings. The molecule has 6 heteroatoms. The molecule has 0 aromatic heterocycles. The molecular formula is C37H74N2O4. The van der Waals surface area contributed by atoms with Crippen LogP contribution in [-0.4, -0.2) is 52.9 Å². The molecule has 0 radical (unpaired) electrons. The quantitative estimate of drug-likeness (QED) is 0.0384. The molecule has 0 unspecified atom stereocenters. The predicted octanol–water partition coefficient (Wildman–Crippen LogP) is 9.59. The van der Waals surface area contributed by atoms with E-state index in [2.05, 4.69) is 19.2 Å². The summed E-state index contributed by atoms with van der Waals surface area (Å²) in [4.78, 5) is 26.4. The lowest BCUT2D eigenvalue weighted by atomic mass is 10.0. The van der Waals surface area contributed by atoms with Gasteiger partial charge in [-0.15, -0.1) is 0 Å². The molecule has 0 bridgehead atoms. The number of amides is 2. The molecule has 0 aromatic rings. The number of unbranched alkanes of at least 4 members (excludes halogenated alkanes) is 26. The van der Waals surface area contributed by atoms with E-state index in [0.717, 1.165) is 32.1 Å². The van der Waals surface area contributed by atoms with Gasteiger partial charge in [-0.05, 0) is 12.8 Å². The van der Waals surface area contributed by atoms with Gasteiger partial charge in [0.15, 0.2) is 6.29 Å². The van der Waals surface area contributed by atoms with Gasteiger partial charge in [0.1, 0.15) is 6.42 Å². The monoisotopic (exact) mass is 611 g/mol. The van der Waals surface area contributed by atoms with Crippen molar-refractivity contribution in [1.29, 1.82) is 0 Å². The minimum absolute atomic E-state index is 0.135. The number of hydrogen-bond acceptors (Lipinski definition) is 4. The lowest BCUT2D eigenvalue weighted by Crippen LogP contribution is -2.40. The van der Waals surface area contributed by atoms with Crippen LogP contribution >= 0.6 is 0 Å². The summed E-state index contributed by atoms with van der Waals surface area (Å²) in [6.07, 6.45) is 34.1. The van der Waals surface area contributed by atoms with Crippen LogP contribution in [0.5, 0.6) is 0 Å². The lowest BCUT2D eigenvalue weighted by molar-refractivity contribution is -0.141. The van der Waals surface area contributed by atoms with Crippen LogP contribution in [0.15, 0.2) is 0 Å². The number of aliphatic hydroxyl groups is 2. The van der Waals surface area contributed by atoms with E-state index in [1.807, 2.05) is 0 Å². The predicted molar refractivity (Wildman–Crippen MR) is 183 cm³/mol. The number of carbonyl (C=O) groups excluding carboxylic acids is 2. The zero-order chi connectivity index (χ0) is 31.6. The molecule has 0 spiro atoms. The third-order valence-electron chi connectivity index (χ3n) is 8.68. The van der Waals surface area contributed by atoms with Gasteiger partial charge in [0.05, 0.1) is 6.54 Å². The number of rotatable bonds is 34. The van der Waals surface area contributed by atoms with Crippen molar-refractivity contribution in [3.8, 4) is 0 Å². The van der Waals surface area contributed by atoms with Crippen LogP contribution in [0.3, 0.4) is 0 Å². The Kier molecular flexibility index (Phi) is 32.9. The highest BCUT2D eigenvalue weighted by Crippen LogP contribution is 2.14. The fourth-order valence-electron chi connectivity index (χ4n) is 5.87. The van der Waals surface area contributed by atoms with Gasteiger partial charge in [-0.2, -0.15) is 0 Å². The van der Waals surface area contributed by atoms with Gasteiger partial charge in [0, 0.05) is 13.1 Å². The Morgan fingerprint density at radius 1 is 0.512 bits per heavy atom. The Labute approximate surface area is 267 Å². The molecule has 0 fully saturated rings. The van der Waals surface area contributed by atoms with Gasteiger partial charge in [-0.1, -0.05) is 181 Å².